The summed E-state index contributed by atoms with van der Waals surface area (Å²) in [6.07, 6.45) is 2.14. The first-order valence-electron chi connectivity index (χ1n) is 6.66. The van der Waals surface area contributed by atoms with Crippen LogP contribution in [-0.4, -0.2) is 25.6 Å². The van der Waals surface area contributed by atoms with Gasteiger partial charge in [0.15, 0.2) is 5.96 Å². The second kappa shape index (κ2) is 8.79. The summed E-state index contributed by atoms with van der Waals surface area (Å²) in [5.41, 5.74) is 11.9. The van der Waals surface area contributed by atoms with Crippen LogP contribution in [0.25, 0.3) is 0 Å². The molecule has 0 saturated heterocycles. The quantitative estimate of drug-likeness (QED) is 0.413. The van der Waals surface area contributed by atoms with Gasteiger partial charge in [0, 0.05) is 6.54 Å². The summed E-state index contributed by atoms with van der Waals surface area (Å²) in [6, 6.07) is 7.72. The van der Waals surface area contributed by atoms with E-state index in [0.717, 1.165) is 30.7 Å². The van der Waals surface area contributed by atoms with Crippen molar-refractivity contribution in [3.05, 3.63) is 29.8 Å². The maximum Gasteiger partial charge on any atom is 0.221 e. The molecular weight excluding hydrogens is 254 g/mol. The molecule has 0 spiro atoms. The van der Waals surface area contributed by atoms with Gasteiger partial charge in [-0.3, -0.25) is 0 Å². The number of nitrogens with one attached hydrogen (secondary N) is 1. The number of ether oxygens (including phenoxy) is 1. The minimum Gasteiger partial charge on any atom is -0.497 e. The van der Waals surface area contributed by atoms with Gasteiger partial charge in [-0.1, -0.05) is 25.5 Å². The Hall–Kier alpha value is -2.24. The molecule has 110 valence electrons. The Balaban J connectivity index is 2.66. The molecule has 0 aliphatic heterocycles. The SMILES string of the molecule is CCCCNC(N=C(N)N)=NCc1ccc(OC)cc1. The molecular formula is C14H23N5O. The predicted molar refractivity (Wildman–Crippen MR) is 82.9 cm³/mol. The molecule has 1 rings (SSSR count). The van der Waals surface area contributed by atoms with E-state index in [4.69, 9.17) is 16.2 Å². The van der Waals surface area contributed by atoms with E-state index in [9.17, 15) is 0 Å². The summed E-state index contributed by atoms with van der Waals surface area (Å²) in [5, 5.41) is 3.12. The number of nitrogens with two attached hydrogens (primary N) is 2. The summed E-state index contributed by atoms with van der Waals surface area (Å²) >= 11 is 0. The van der Waals surface area contributed by atoms with Crippen molar-refractivity contribution < 1.29 is 4.74 Å². The topological polar surface area (TPSA) is 98.0 Å². The van der Waals surface area contributed by atoms with Gasteiger partial charge in [-0.25, -0.2) is 4.99 Å². The van der Waals surface area contributed by atoms with E-state index in [2.05, 4.69) is 22.2 Å². The molecule has 0 bridgehead atoms. The van der Waals surface area contributed by atoms with Crippen molar-refractivity contribution in [1.29, 1.82) is 0 Å². The molecule has 0 fully saturated rings. The van der Waals surface area contributed by atoms with E-state index < -0.39 is 0 Å². The lowest BCUT2D eigenvalue weighted by Gasteiger charge is -2.06. The fraction of sp³-hybridized carbons (Fsp3) is 0.429. The first kappa shape index (κ1) is 15.8. The van der Waals surface area contributed by atoms with Crippen molar-refractivity contribution in [3.63, 3.8) is 0 Å². The number of methoxy groups -OCH3 is 1. The lowest BCUT2D eigenvalue weighted by Crippen LogP contribution is -2.30. The number of hydrogen-bond acceptors (Lipinski definition) is 2. The smallest absolute Gasteiger partial charge is 0.221 e. The maximum absolute atomic E-state index is 5.39. The monoisotopic (exact) mass is 277 g/mol. The normalized spacial score (nSPS) is 11.0. The van der Waals surface area contributed by atoms with E-state index in [0.29, 0.717) is 12.5 Å². The Morgan fingerprint density at radius 3 is 2.50 bits per heavy atom. The van der Waals surface area contributed by atoms with E-state index in [1.807, 2.05) is 24.3 Å². The van der Waals surface area contributed by atoms with Gasteiger partial charge in [-0.2, -0.15) is 4.99 Å². The molecule has 0 heterocycles. The second-order valence-corrected chi connectivity index (χ2v) is 4.30. The number of rotatable bonds is 6. The van der Waals surface area contributed by atoms with Crippen LogP contribution in [0.3, 0.4) is 0 Å². The molecule has 0 amide bonds. The van der Waals surface area contributed by atoms with E-state index in [-0.39, 0.29) is 5.96 Å². The standard InChI is InChI=1S/C14H23N5O/c1-3-4-9-17-14(19-13(15)16)18-10-11-5-7-12(20-2)8-6-11/h5-8H,3-4,9-10H2,1-2H3,(H5,15,16,17,18,19). The molecule has 5 N–H and O–H groups in total. The zero-order chi connectivity index (χ0) is 14.8. The van der Waals surface area contributed by atoms with Crippen LogP contribution in [0.5, 0.6) is 5.75 Å². The van der Waals surface area contributed by atoms with Crippen molar-refractivity contribution in [3.8, 4) is 5.75 Å². The minimum absolute atomic E-state index is 0.00230. The molecule has 0 atom stereocenters. The van der Waals surface area contributed by atoms with Gasteiger partial charge >= 0.3 is 0 Å². The zero-order valence-corrected chi connectivity index (χ0v) is 12.1. The van der Waals surface area contributed by atoms with Gasteiger partial charge in [0.25, 0.3) is 0 Å². The molecule has 1 aromatic carbocycles. The first-order chi connectivity index (χ1) is 9.65. The molecule has 1 aromatic rings. The van der Waals surface area contributed by atoms with Crippen LogP contribution in [0.15, 0.2) is 34.3 Å². The first-order valence-corrected chi connectivity index (χ1v) is 6.66. The molecule has 0 saturated carbocycles. The number of hydrogen-bond donors (Lipinski definition) is 3. The largest absolute Gasteiger partial charge is 0.497 e. The third kappa shape index (κ3) is 6.08. The van der Waals surface area contributed by atoms with Crippen LogP contribution >= 0.6 is 0 Å². The molecule has 6 heteroatoms. The molecule has 0 radical (unpaired) electrons. The average Bonchev–Trinajstić information content (AvgIpc) is 2.45. The van der Waals surface area contributed by atoms with Crippen molar-refractivity contribution in [1.82, 2.24) is 5.32 Å². The van der Waals surface area contributed by atoms with Crippen LogP contribution in [-0.2, 0) is 6.54 Å². The Morgan fingerprint density at radius 1 is 1.25 bits per heavy atom. The summed E-state index contributed by atoms with van der Waals surface area (Å²) in [5.74, 6) is 1.29. The third-order valence-electron chi connectivity index (χ3n) is 2.62. The van der Waals surface area contributed by atoms with Crippen LogP contribution in [0, 0.1) is 0 Å². The summed E-state index contributed by atoms with van der Waals surface area (Å²) in [6.45, 7) is 3.43. The Kier molecular flexibility index (Phi) is 6.95. The molecule has 0 aliphatic carbocycles. The maximum atomic E-state index is 5.39. The highest BCUT2D eigenvalue weighted by Gasteiger charge is 1.98. The van der Waals surface area contributed by atoms with Gasteiger partial charge < -0.3 is 21.5 Å². The van der Waals surface area contributed by atoms with E-state index in [1.54, 1.807) is 7.11 Å². The Morgan fingerprint density at radius 2 is 1.95 bits per heavy atom. The molecule has 6 nitrogen and oxygen atoms in total. The second-order valence-electron chi connectivity index (χ2n) is 4.30. The van der Waals surface area contributed by atoms with Crippen molar-refractivity contribution in [2.75, 3.05) is 13.7 Å². The van der Waals surface area contributed by atoms with Gasteiger partial charge in [0.1, 0.15) is 5.75 Å². The highest BCUT2D eigenvalue weighted by atomic mass is 16.5. The minimum atomic E-state index is 0.00230. The Bertz CT molecular complexity index is 449. The highest BCUT2D eigenvalue weighted by Crippen LogP contribution is 2.11. The van der Waals surface area contributed by atoms with Crippen LogP contribution in [0.4, 0.5) is 0 Å². The summed E-state index contributed by atoms with van der Waals surface area (Å²) in [7, 11) is 1.64. The fourth-order valence-corrected chi connectivity index (χ4v) is 1.53. The molecule has 0 unspecified atom stereocenters. The number of aliphatic imine (C=N–C) groups is 2. The van der Waals surface area contributed by atoms with Crippen molar-refractivity contribution in [2.45, 2.75) is 26.3 Å². The number of guanidine groups is 2. The van der Waals surface area contributed by atoms with E-state index >= 15 is 0 Å². The zero-order valence-electron chi connectivity index (χ0n) is 12.1. The van der Waals surface area contributed by atoms with Gasteiger partial charge in [0.05, 0.1) is 13.7 Å². The average molecular weight is 277 g/mol. The van der Waals surface area contributed by atoms with Gasteiger partial charge in [-0.15, -0.1) is 0 Å². The summed E-state index contributed by atoms with van der Waals surface area (Å²) < 4.78 is 5.11. The molecule has 0 aliphatic rings. The van der Waals surface area contributed by atoms with Gasteiger partial charge in [0.2, 0.25) is 5.96 Å². The van der Waals surface area contributed by atoms with Crippen LogP contribution in [0.1, 0.15) is 25.3 Å². The number of nitrogens with zero attached hydrogens (tertiary/aromatic N) is 2. The lowest BCUT2D eigenvalue weighted by molar-refractivity contribution is 0.414. The van der Waals surface area contributed by atoms with Crippen molar-refractivity contribution >= 4 is 11.9 Å². The van der Waals surface area contributed by atoms with Crippen LogP contribution < -0.4 is 21.5 Å². The molecule has 0 aromatic heterocycles. The number of unbranched alkanes of at least 4 members (excludes halogenated alkanes) is 1. The van der Waals surface area contributed by atoms with Crippen molar-refractivity contribution in [2.24, 2.45) is 21.5 Å². The highest BCUT2D eigenvalue weighted by molar-refractivity contribution is 5.93. The van der Waals surface area contributed by atoms with Gasteiger partial charge in [-0.05, 0) is 24.1 Å². The third-order valence-corrected chi connectivity index (χ3v) is 2.62. The van der Waals surface area contributed by atoms with E-state index in [1.165, 1.54) is 0 Å². The van der Waals surface area contributed by atoms with Crippen LogP contribution in [0.2, 0.25) is 0 Å². The Labute approximate surface area is 119 Å². The lowest BCUT2D eigenvalue weighted by atomic mass is 10.2. The fourth-order valence-electron chi connectivity index (χ4n) is 1.53. The predicted octanol–water partition coefficient (Wildman–Crippen LogP) is 1.21. The number of benzene rings is 1. The summed E-state index contributed by atoms with van der Waals surface area (Å²) in [4.78, 5) is 8.36. The molecule has 20 heavy (non-hydrogen) atoms.